The quantitative estimate of drug-likeness (QED) is 0.140. The first-order valence-electron chi connectivity index (χ1n) is 9.55. The molecule has 0 bridgehead atoms. The van der Waals surface area contributed by atoms with Gasteiger partial charge in [-0.3, -0.25) is 4.57 Å². The maximum Gasteiger partial charge on any atom is 0.227 e. The lowest BCUT2D eigenvalue weighted by Gasteiger charge is -2.25. The zero-order valence-electron chi connectivity index (χ0n) is 16.6. The molecule has 0 saturated carbocycles. The molecule has 4 rings (SSSR count). The molecule has 4 aromatic carbocycles. The zero-order valence-corrected chi connectivity index (χ0v) is 18.3. The van der Waals surface area contributed by atoms with Crippen LogP contribution in [0.15, 0.2) is 78.9 Å². The van der Waals surface area contributed by atoms with Crippen LogP contribution in [-0.2, 0) is 4.57 Å². The molecule has 168 valence electrons. The Morgan fingerprint density at radius 1 is 0.667 bits per heavy atom. The lowest BCUT2D eigenvalue weighted by atomic mass is 10.1. The lowest BCUT2D eigenvalue weighted by molar-refractivity contribution is 0.382. The van der Waals surface area contributed by atoms with E-state index >= 15 is 0 Å². The molecule has 9 heteroatoms. The van der Waals surface area contributed by atoms with E-state index < -0.39 is 42.1 Å². The maximum absolute atomic E-state index is 14.5. The Kier molecular flexibility index (Phi) is 6.28. The zero-order chi connectivity index (χ0) is 23.8. The van der Waals surface area contributed by atoms with E-state index in [4.69, 9.17) is 11.6 Å². The lowest BCUT2D eigenvalue weighted by Crippen LogP contribution is -2.24. The number of benzene rings is 4. The first-order valence-corrected chi connectivity index (χ1v) is 11.6. The number of halogens is 6. The SMILES string of the molecule is O=P(Nc1c(F)c(F)c(F)c(F)c1F)(c1ccccc1)c1ccccc1-c1cccc(Cl)c1. The van der Waals surface area contributed by atoms with E-state index in [2.05, 4.69) is 5.09 Å². The van der Waals surface area contributed by atoms with E-state index in [0.29, 0.717) is 16.1 Å². The maximum atomic E-state index is 14.5. The van der Waals surface area contributed by atoms with Crippen LogP contribution < -0.4 is 15.7 Å². The van der Waals surface area contributed by atoms with Crippen molar-refractivity contribution in [2.75, 3.05) is 5.09 Å². The van der Waals surface area contributed by atoms with E-state index in [0.717, 1.165) is 0 Å². The fourth-order valence-electron chi connectivity index (χ4n) is 3.41. The molecule has 0 aromatic heterocycles. The summed E-state index contributed by atoms with van der Waals surface area (Å²) in [5.41, 5.74) is -0.420. The topological polar surface area (TPSA) is 29.1 Å². The standard InChI is InChI=1S/C24H14ClF5NOP/c25-15-8-6-7-14(13-15)17-11-4-5-12-18(17)33(32,16-9-2-1-3-10-16)31-24-22(29)20(27)19(26)21(28)23(24)30/h1-13H,(H,31,32). The molecule has 0 aliphatic heterocycles. The van der Waals surface area contributed by atoms with Crippen LogP contribution in [0.25, 0.3) is 11.1 Å². The second-order valence-electron chi connectivity index (χ2n) is 7.03. The van der Waals surface area contributed by atoms with Crippen LogP contribution in [0.4, 0.5) is 27.6 Å². The predicted octanol–water partition coefficient (Wildman–Crippen LogP) is 7.04. The van der Waals surface area contributed by atoms with Crippen LogP contribution in [0.5, 0.6) is 0 Å². The fourth-order valence-corrected chi connectivity index (χ4v) is 6.07. The van der Waals surface area contributed by atoms with Gasteiger partial charge in [0.05, 0.1) is 0 Å². The Morgan fingerprint density at radius 2 is 1.24 bits per heavy atom. The van der Waals surface area contributed by atoms with Gasteiger partial charge in [0.15, 0.2) is 23.3 Å². The third-order valence-corrected chi connectivity index (χ3v) is 7.85. The van der Waals surface area contributed by atoms with Crippen LogP contribution in [-0.4, -0.2) is 0 Å². The summed E-state index contributed by atoms with van der Waals surface area (Å²) in [7, 11) is -4.20. The van der Waals surface area contributed by atoms with E-state index in [-0.39, 0.29) is 10.6 Å². The molecule has 4 aromatic rings. The van der Waals surface area contributed by atoms with Crippen molar-refractivity contribution in [3.05, 3.63) is 113 Å². The molecule has 1 atom stereocenters. The summed E-state index contributed by atoms with van der Waals surface area (Å²) in [4.78, 5) is 0. The highest BCUT2D eigenvalue weighted by molar-refractivity contribution is 7.80. The van der Waals surface area contributed by atoms with Gasteiger partial charge in [-0.2, -0.15) is 0 Å². The molecule has 33 heavy (non-hydrogen) atoms. The van der Waals surface area contributed by atoms with Crippen molar-refractivity contribution in [3.63, 3.8) is 0 Å². The van der Waals surface area contributed by atoms with Crippen LogP contribution in [0.2, 0.25) is 5.02 Å². The molecule has 0 aliphatic rings. The molecule has 0 amide bonds. The van der Waals surface area contributed by atoms with Gasteiger partial charge >= 0.3 is 0 Å². The molecular weight excluding hydrogens is 480 g/mol. The molecule has 0 saturated heterocycles. The largest absolute Gasteiger partial charge is 0.324 e. The number of hydrogen-bond donors (Lipinski definition) is 1. The van der Waals surface area contributed by atoms with Gasteiger partial charge in [-0.25, -0.2) is 22.0 Å². The van der Waals surface area contributed by atoms with Crippen molar-refractivity contribution in [1.29, 1.82) is 0 Å². The number of anilines is 1. The highest BCUT2D eigenvalue weighted by atomic mass is 35.5. The highest BCUT2D eigenvalue weighted by Gasteiger charge is 2.35. The summed E-state index contributed by atoms with van der Waals surface area (Å²) in [5.74, 6) is -10.8. The third-order valence-electron chi connectivity index (χ3n) is 4.98. The first kappa shape index (κ1) is 23.0. The Hall–Kier alpha value is -3.15. The smallest absolute Gasteiger partial charge is 0.227 e. The van der Waals surface area contributed by atoms with Gasteiger partial charge < -0.3 is 5.09 Å². The Bertz CT molecular complexity index is 1370. The Morgan fingerprint density at radius 3 is 1.88 bits per heavy atom. The fraction of sp³-hybridized carbons (Fsp3) is 0. The van der Waals surface area contributed by atoms with Gasteiger partial charge in [0.1, 0.15) is 5.69 Å². The summed E-state index contributed by atoms with van der Waals surface area (Å²) in [6.45, 7) is 0. The molecular formula is C24H14ClF5NOP. The Balaban J connectivity index is 2.00. The van der Waals surface area contributed by atoms with Crippen LogP contribution >= 0.6 is 18.9 Å². The average molecular weight is 494 g/mol. The molecule has 2 nitrogen and oxygen atoms in total. The van der Waals surface area contributed by atoms with Gasteiger partial charge in [0.2, 0.25) is 13.1 Å². The van der Waals surface area contributed by atoms with E-state index in [1.807, 2.05) is 0 Å². The summed E-state index contributed by atoms with van der Waals surface area (Å²) in [5, 5.41) is 2.78. The molecule has 0 fully saturated rings. The minimum absolute atomic E-state index is 0.0995. The molecule has 0 radical (unpaired) electrons. The minimum Gasteiger partial charge on any atom is -0.324 e. The predicted molar refractivity (Wildman–Crippen MR) is 120 cm³/mol. The molecule has 0 heterocycles. The minimum atomic E-state index is -4.20. The second-order valence-corrected chi connectivity index (χ2v) is 9.91. The van der Waals surface area contributed by atoms with Crippen molar-refractivity contribution < 1.29 is 26.5 Å². The molecule has 0 aliphatic carbocycles. The van der Waals surface area contributed by atoms with E-state index in [9.17, 15) is 26.5 Å². The van der Waals surface area contributed by atoms with Crippen molar-refractivity contribution in [3.8, 4) is 11.1 Å². The molecule has 0 spiro atoms. The van der Waals surface area contributed by atoms with Crippen LogP contribution in [0, 0.1) is 29.1 Å². The van der Waals surface area contributed by atoms with Gasteiger partial charge in [0, 0.05) is 15.6 Å². The average Bonchev–Trinajstić information content (AvgIpc) is 2.84. The van der Waals surface area contributed by atoms with E-state index in [1.54, 1.807) is 60.7 Å². The summed E-state index contributed by atoms with van der Waals surface area (Å²) in [6, 6.07) is 20.5. The highest BCUT2D eigenvalue weighted by Crippen LogP contribution is 2.48. The summed E-state index contributed by atoms with van der Waals surface area (Å²) >= 11 is 6.10. The monoisotopic (exact) mass is 493 g/mol. The first-order chi connectivity index (χ1) is 15.7. The third kappa shape index (κ3) is 4.14. The Labute approximate surface area is 191 Å². The van der Waals surface area contributed by atoms with Gasteiger partial charge in [0.25, 0.3) is 0 Å². The van der Waals surface area contributed by atoms with Crippen molar-refractivity contribution in [2.24, 2.45) is 0 Å². The van der Waals surface area contributed by atoms with Crippen molar-refractivity contribution in [2.45, 2.75) is 0 Å². The van der Waals surface area contributed by atoms with Crippen molar-refractivity contribution in [1.82, 2.24) is 0 Å². The number of hydrogen-bond acceptors (Lipinski definition) is 1. The van der Waals surface area contributed by atoms with Crippen molar-refractivity contribution >= 4 is 35.2 Å². The normalized spacial score (nSPS) is 12.9. The number of nitrogens with one attached hydrogen (secondary N) is 1. The van der Waals surface area contributed by atoms with Gasteiger partial charge in [-0.05, 0) is 41.5 Å². The van der Waals surface area contributed by atoms with Crippen LogP contribution in [0.3, 0.4) is 0 Å². The second kappa shape index (κ2) is 9.00. The van der Waals surface area contributed by atoms with Gasteiger partial charge in [-0.15, -0.1) is 0 Å². The van der Waals surface area contributed by atoms with Gasteiger partial charge in [-0.1, -0.05) is 60.1 Å². The number of rotatable bonds is 5. The van der Waals surface area contributed by atoms with E-state index in [1.165, 1.54) is 18.2 Å². The summed E-state index contributed by atoms with van der Waals surface area (Å²) in [6.07, 6.45) is 0. The van der Waals surface area contributed by atoms with Crippen LogP contribution in [0.1, 0.15) is 0 Å². The molecule has 1 unspecified atom stereocenters. The molecule has 1 N–H and O–H groups in total. The summed E-state index contributed by atoms with van der Waals surface area (Å²) < 4.78 is 84.8.